The lowest BCUT2D eigenvalue weighted by atomic mass is 9.95. The summed E-state index contributed by atoms with van der Waals surface area (Å²) >= 11 is 0. The number of fused-ring (bicyclic) bond motifs is 20. The normalized spacial score (nSPS) is 12.0. The van der Waals surface area contributed by atoms with Gasteiger partial charge in [0.2, 0.25) is 5.95 Å². The number of hydrogen-bond donors (Lipinski definition) is 0. The van der Waals surface area contributed by atoms with E-state index in [9.17, 15) is 0 Å². The summed E-state index contributed by atoms with van der Waals surface area (Å²) in [5, 5.41) is 17.5. The van der Waals surface area contributed by atoms with Crippen molar-refractivity contribution in [2.24, 2.45) is 0 Å². The third-order valence-corrected chi connectivity index (χ3v) is 23.9. The largest absolute Gasteiger partial charge is 0.455 e. The molecule has 0 unspecified atom stereocenters. The van der Waals surface area contributed by atoms with Crippen molar-refractivity contribution in [1.29, 1.82) is 0 Å². The van der Waals surface area contributed by atoms with E-state index in [-0.39, 0.29) is 0 Å². The van der Waals surface area contributed by atoms with Gasteiger partial charge >= 0.3 is 0 Å². The van der Waals surface area contributed by atoms with E-state index in [1.54, 1.807) is 0 Å². The average molecular weight is 1480 g/mol. The van der Waals surface area contributed by atoms with E-state index in [2.05, 4.69) is 400 Å². The quantitative estimate of drug-likeness (QED) is 0.144. The van der Waals surface area contributed by atoms with Gasteiger partial charge < -0.3 is 22.5 Å². The first-order valence-corrected chi connectivity index (χ1v) is 39.5. The molecule has 0 aliphatic rings. The summed E-state index contributed by atoms with van der Waals surface area (Å²) < 4.78 is 22.8. The van der Waals surface area contributed by atoms with E-state index in [0.29, 0.717) is 5.95 Å². The molecule has 7 heterocycles. The van der Waals surface area contributed by atoms with Crippen LogP contribution in [0.25, 0.3) is 232 Å². The molecule has 0 spiro atoms. The zero-order chi connectivity index (χ0) is 76.1. The first kappa shape index (κ1) is 65.1. The van der Waals surface area contributed by atoms with Crippen molar-refractivity contribution in [3.05, 3.63) is 400 Å². The molecule has 25 aromatic rings. The van der Waals surface area contributed by atoms with E-state index >= 15 is 0 Å². The first-order valence-electron chi connectivity index (χ1n) is 39.5. The van der Waals surface area contributed by atoms with E-state index in [1.165, 1.54) is 98.6 Å². The van der Waals surface area contributed by atoms with Crippen molar-refractivity contribution in [2.75, 3.05) is 0 Å². The molecule has 25 rings (SSSR count). The second-order valence-corrected chi connectivity index (χ2v) is 30.2. The van der Waals surface area contributed by atoms with Crippen molar-refractivity contribution >= 4 is 153 Å². The first-order chi connectivity index (χ1) is 57.6. The van der Waals surface area contributed by atoms with E-state index < -0.39 is 0 Å². The van der Waals surface area contributed by atoms with Crippen LogP contribution in [0.5, 0.6) is 0 Å². The second kappa shape index (κ2) is 26.0. The van der Waals surface area contributed by atoms with Gasteiger partial charge in [0.05, 0.1) is 61.0 Å². The molecule has 0 amide bonds. The summed E-state index contributed by atoms with van der Waals surface area (Å²) in [7, 11) is 0. The summed E-state index contributed by atoms with van der Waals surface area (Å²) in [5.74, 6) is 0.612. The van der Waals surface area contributed by atoms with Crippen LogP contribution in [0.15, 0.2) is 409 Å². The minimum atomic E-state index is 0.612. The van der Waals surface area contributed by atoms with Crippen molar-refractivity contribution in [2.45, 2.75) is 0 Å². The average Bonchev–Trinajstić information content (AvgIpc) is 1.71. The Labute approximate surface area is 664 Å². The molecule has 0 radical (unpaired) electrons. The maximum atomic E-state index is 6.90. The lowest BCUT2D eigenvalue weighted by Crippen LogP contribution is -2.03. The molecule has 0 aliphatic carbocycles. The molecule has 8 nitrogen and oxygen atoms in total. The van der Waals surface area contributed by atoms with E-state index in [4.69, 9.17) is 18.8 Å². The minimum absolute atomic E-state index is 0.612. The number of aromatic nitrogens is 6. The molecular formula is C108H66N6O2. The van der Waals surface area contributed by atoms with Gasteiger partial charge in [-0.1, -0.05) is 279 Å². The molecule has 116 heavy (non-hydrogen) atoms. The SMILES string of the molecule is c1ccc(-c2cccc3c2oc2c(-c4nc(-n5c6ccccc6c6cc(-c7ccc8c(c7)c7ccccc7n8-c7ccccc7)ccc65)nc5ccccc45)cccc23)cc1.c1ccc(-n2c3ccccc3c3cc(-c4ccc5c(c4)c4ccccc4n5-c4ccc(-c5cccc6c5oc5ccccc56)c5ccccc45)ccc32)cc1. The maximum Gasteiger partial charge on any atom is 0.235 e. The molecule has 8 heteroatoms. The van der Waals surface area contributed by atoms with Crippen LogP contribution in [0.2, 0.25) is 0 Å². The van der Waals surface area contributed by atoms with Crippen LogP contribution in [0.3, 0.4) is 0 Å². The van der Waals surface area contributed by atoms with Crippen molar-refractivity contribution < 1.29 is 8.83 Å². The van der Waals surface area contributed by atoms with Gasteiger partial charge in [0.15, 0.2) is 0 Å². The highest BCUT2D eigenvalue weighted by molar-refractivity contribution is 6.19. The Morgan fingerprint density at radius 2 is 0.560 bits per heavy atom. The van der Waals surface area contributed by atoms with Crippen LogP contribution >= 0.6 is 0 Å². The molecule has 7 aromatic heterocycles. The molecule has 0 aliphatic heterocycles. The van der Waals surface area contributed by atoms with Crippen LogP contribution in [0.1, 0.15) is 0 Å². The molecule has 0 bridgehead atoms. The van der Waals surface area contributed by atoms with Crippen molar-refractivity contribution in [3.63, 3.8) is 0 Å². The Morgan fingerprint density at radius 1 is 0.190 bits per heavy atom. The highest BCUT2D eigenvalue weighted by Gasteiger charge is 2.25. The fraction of sp³-hybridized carbons (Fsp3) is 0. The predicted octanol–water partition coefficient (Wildman–Crippen LogP) is 29.0. The second-order valence-electron chi connectivity index (χ2n) is 30.2. The van der Waals surface area contributed by atoms with Gasteiger partial charge in [-0.25, -0.2) is 9.97 Å². The summed E-state index contributed by atoms with van der Waals surface area (Å²) in [6.45, 7) is 0. The Kier molecular flexibility index (Phi) is 14.6. The van der Waals surface area contributed by atoms with Crippen molar-refractivity contribution in [3.8, 4) is 78.8 Å². The van der Waals surface area contributed by atoms with Crippen LogP contribution in [-0.2, 0) is 0 Å². The van der Waals surface area contributed by atoms with Crippen LogP contribution in [-0.4, -0.2) is 28.2 Å². The van der Waals surface area contributed by atoms with Crippen LogP contribution < -0.4 is 0 Å². The van der Waals surface area contributed by atoms with Crippen LogP contribution in [0, 0.1) is 0 Å². The number of para-hydroxylation sites is 11. The van der Waals surface area contributed by atoms with Gasteiger partial charge in [0, 0.05) is 103 Å². The van der Waals surface area contributed by atoms with Gasteiger partial charge in [0.25, 0.3) is 0 Å². The molecule has 0 saturated heterocycles. The third-order valence-electron chi connectivity index (χ3n) is 23.9. The number of rotatable bonds is 9. The highest BCUT2D eigenvalue weighted by Crippen LogP contribution is 2.47. The van der Waals surface area contributed by atoms with Crippen molar-refractivity contribution in [1.82, 2.24) is 28.2 Å². The number of hydrogen-bond acceptors (Lipinski definition) is 4. The fourth-order valence-electron chi connectivity index (χ4n) is 18.7. The van der Waals surface area contributed by atoms with E-state index in [1.807, 2.05) is 18.2 Å². The molecular weight excluding hydrogens is 1410 g/mol. The summed E-state index contributed by atoms with van der Waals surface area (Å²) in [6, 6.07) is 143. The zero-order valence-corrected chi connectivity index (χ0v) is 62.6. The monoisotopic (exact) mass is 1480 g/mol. The topological polar surface area (TPSA) is 71.8 Å². The number of benzene rings is 18. The maximum absolute atomic E-state index is 6.90. The Balaban J connectivity index is 0.000000134. The summed E-state index contributed by atoms with van der Waals surface area (Å²) in [5.41, 5.74) is 28.1. The number of nitrogens with zero attached hydrogens (tertiary/aromatic N) is 6. The minimum Gasteiger partial charge on any atom is -0.455 e. The lowest BCUT2D eigenvalue weighted by molar-refractivity contribution is 0.670. The summed E-state index contributed by atoms with van der Waals surface area (Å²) in [6.07, 6.45) is 0. The lowest BCUT2D eigenvalue weighted by Gasteiger charge is -2.15. The molecule has 0 N–H and O–H groups in total. The third kappa shape index (κ3) is 10.1. The van der Waals surface area contributed by atoms with Gasteiger partial charge in [-0.05, 0) is 160 Å². The Morgan fingerprint density at radius 3 is 1.10 bits per heavy atom. The Bertz CT molecular complexity index is 8340. The van der Waals surface area contributed by atoms with E-state index in [0.717, 1.165) is 127 Å². The highest BCUT2D eigenvalue weighted by atomic mass is 16.3. The summed E-state index contributed by atoms with van der Waals surface area (Å²) in [4.78, 5) is 10.7. The molecule has 540 valence electrons. The number of furan rings is 2. The van der Waals surface area contributed by atoms with Gasteiger partial charge in [0.1, 0.15) is 22.3 Å². The predicted molar refractivity (Wildman–Crippen MR) is 483 cm³/mol. The molecule has 0 fully saturated rings. The molecule has 0 saturated carbocycles. The van der Waals surface area contributed by atoms with Gasteiger partial charge in [-0.2, -0.15) is 0 Å². The fourth-order valence-corrected chi connectivity index (χ4v) is 18.7. The standard InChI is InChI=1S/C56H34N4O.C52H32N2O/c1-3-15-35(16-4-1)39-22-13-23-42-43-24-14-25-45(55(43)61-54(39)42)53-44-21-7-10-26-48(44)57-56(58-53)60-50-28-12-9-20-41(50)47-34-37(30-32-52(47)60)36-29-31-51-46(33-36)40-19-8-11-27-49(40)59(51)38-17-5-2-6-18-38;1-2-13-35(14-3-1)53-46-22-9-6-17-39(46)44-31-33(25-28-49(44)53)34-26-29-50-45(32-34)40-18-7-10-23-47(40)54(50)48-30-27-37(36-15-4-5-16-38(36)48)42-20-12-21-43-41-19-8-11-24-51(41)55-52(42)43/h1-34H;1-32H. The smallest absolute Gasteiger partial charge is 0.235 e. The Hall–Kier alpha value is -15.6. The molecule has 18 aromatic carbocycles. The van der Waals surface area contributed by atoms with Gasteiger partial charge in [-0.15, -0.1) is 0 Å². The van der Waals surface area contributed by atoms with Gasteiger partial charge in [-0.3, -0.25) is 4.57 Å². The van der Waals surface area contributed by atoms with Crippen LogP contribution in [0.4, 0.5) is 0 Å². The molecule has 0 atom stereocenters. The zero-order valence-electron chi connectivity index (χ0n) is 62.6.